The first-order valence-corrected chi connectivity index (χ1v) is 8.57. The number of hydrogen-bond acceptors (Lipinski definition) is 6. The van der Waals surface area contributed by atoms with Gasteiger partial charge in [0.15, 0.2) is 17.6 Å². The summed E-state index contributed by atoms with van der Waals surface area (Å²) in [5.74, 6) is 0.338. The Morgan fingerprint density at radius 2 is 2.04 bits per heavy atom. The van der Waals surface area contributed by atoms with E-state index in [1.165, 1.54) is 12.1 Å². The summed E-state index contributed by atoms with van der Waals surface area (Å²) in [5, 5.41) is 10.7. The predicted octanol–water partition coefficient (Wildman–Crippen LogP) is 1.29. The summed E-state index contributed by atoms with van der Waals surface area (Å²) in [6, 6.07) is 2.80. The first kappa shape index (κ1) is 17.4. The van der Waals surface area contributed by atoms with Crippen LogP contribution in [0.2, 0.25) is 0 Å². The average molecular weight is 339 g/mol. The molecule has 0 spiro atoms. The quantitative estimate of drug-likeness (QED) is 0.759. The zero-order valence-corrected chi connectivity index (χ0v) is 13.8. The van der Waals surface area contributed by atoms with Gasteiger partial charge in [0, 0.05) is 44.8 Å². The molecular formula is C17H25NO6. The van der Waals surface area contributed by atoms with E-state index in [0.717, 1.165) is 25.9 Å². The molecule has 2 N–H and O–H groups in total. The minimum atomic E-state index is -1.07. The highest BCUT2D eigenvalue weighted by Crippen LogP contribution is 2.30. The van der Waals surface area contributed by atoms with E-state index in [1.807, 2.05) is 0 Å². The Hall–Kier alpha value is -1.41. The number of H-pyrrole nitrogens is 1. The number of nitrogens with one attached hydrogen (secondary N) is 1. The van der Waals surface area contributed by atoms with E-state index in [1.54, 1.807) is 0 Å². The van der Waals surface area contributed by atoms with Crippen LogP contribution < -0.4 is 10.2 Å². The molecule has 3 rings (SSSR count). The highest BCUT2D eigenvalue weighted by molar-refractivity contribution is 5.21. The van der Waals surface area contributed by atoms with Crippen molar-refractivity contribution in [2.75, 3.05) is 33.0 Å². The molecule has 134 valence electrons. The van der Waals surface area contributed by atoms with Crippen LogP contribution in [-0.2, 0) is 19.8 Å². The Bertz CT molecular complexity index is 575. The fourth-order valence-corrected chi connectivity index (χ4v) is 3.00. The highest BCUT2D eigenvalue weighted by Gasteiger charge is 2.33. The minimum absolute atomic E-state index is 0.157. The van der Waals surface area contributed by atoms with Gasteiger partial charge in [-0.1, -0.05) is 0 Å². The first-order chi connectivity index (χ1) is 11.7. The molecule has 2 fully saturated rings. The molecule has 7 nitrogen and oxygen atoms in total. The average Bonchev–Trinajstić information content (AvgIpc) is 2.60. The van der Waals surface area contributed by atoms with Crippen LogP contribution in [-0.4, -0.2) is 49.4 Å². The Morgan fingerprint density at radius 1 is 1.21 bits per heavy atom. The third-order valence-corrected chi connectivity index (χ3v) is 4.42. The Balaban J connectivity index is 1.54. The van der Waals surface area contributed by atoms with Gasteiger partial charge in [0.25, 0.3) is 0 Å². The summed E-state index contributed by atoms with van der Waals surface area (Å²) in [5.41, 5.74) is -0.788. The summed E-state index contributed by atoms with van der Waals surface area (Å²) in [6.45, 7) is 2.37. The number of aliphatic hydroxyl groups is 1. The van der Waals surface area contributed by atoms with Crippen LogP contribution in [0.25, 0.3) is 0 Å². The summed E-state index contributed by atoms with van der Waals surface area (Å²) in [6.07, 6.45) is 3.85. The lowest BCUT2D eigenvalue weighted by Crippen LogP contribution is -2.35. The maximum Gasteiger partial charge on any atom is 0.195 e. The topological polar surface area (TPSA) is 90.0 Å². The largest absolute Gasteiger partial charge is 0.476 e. The van der Waals surface area contributed by atoms with E-state index in [-0.39, 0.29) is 11.7 Å². The van der Waals surface area contributed by atoms with Crippen LogP contribution in [0.5, 0.6) is 5.88 Å². The van der Waals surface area contributed by atoms with E-state index in [0.29, 0.717) is 50.8 Å². The minimum Gasteiger partial charge on any atom is -0.476 e. The lowest BCUT2D eigenvalue weighted by Gasteiger charge is -2.32. The molecule has 2 saturated heterocycles. The van der Waals surface area contributed by atoms with E-state index in [4.69, 9.17) is 18.9 Å². The third-order valence-electron chi connectivity index (χ3n) is 4.42. The Kier molecular flexibility index (Phi) is 5.89. The lowest BCUT2D eigenvalue weighted by atomic mass is 9.90. The standard InChI is InChI=1S/C17H25NO6/c19-13-11-14(17(20)4-7-21-8-5-17)18-15(12-13)22-9-10-24-16-3-1-2-6-23-16/h11-12,16,20H,1-10H2,(H,18,19). The summed E-state index contributed by atoms with van der Waals surface area (Å²) in [7, 11) is 0. The van der Waals surface area contributed by atoms with Crippen molar-refractivity contribution in [3.63, 3.8) is 0 Å². The number of rotatable bonds is 6. The van der Waals surface area contributed by atoms with Crippen molar-refractivity contribution in [2.24, 2.45) is 0 Å². The fraction of sp³-hybridized carbons (Fsp3) is 0.706. The van der Waals surface area contributed by atoms with Crippen molar-refractivity contribution in [3.8, 4) is 5.88 Å². The molecule has 0 radical (unpaired) electrons. The monoisotopic (exact) mass is 339 g/mol. The van der Waals surface area contributed by atoms with Gasteiger partial charge in [-0.15, -0.1) is 0 Å². The molecule has 0 bridgehead atoms. The van der Waals surface area contributed by atoms with Gasteiger partial charge in [-0.3, -0.25) is 4.79 Å². The molecule has 1 atom stereocenters. The zero-order valence-electron chi connectivity index (χ0n) is 13.8. The molecule has 7 heteroatoms. The van der Waals surface area contributed by atoms with Crippen LogP contribution in [0.3, 0.4) is 0 Å². The summed E-state index contributed by atoms with van der Waals surface area (Å²) in [4.78, 5) is 14.9. The maximum atomic E-state index is 11.9. The van der Waals surface area contributed by atoms with Gasteiger partial charge < -0.3 is 29.0 Å². The second-order valence-corrected chi connectivity index (χ2v) is 6.25. The van der Waals surface area contributed by atoms with Crippen molar-refractivity contribution in [1.29, 1.82) is 0 Å². The molecule has 2 aliphatic heterocycles. The van der Waals surface area contributed by atoms with Crippen LogP contribution in [0.4, 0.5) is 0 Å². The summed E-state index contributed by atoms with van der Waals surface area (Å²) < 4.78 is 21.9. The molecule has 3 heterocycles. The molecule has 0 aliphatic carbocycles. The maximum absolute atomic E-state index is 11.9. The van der Waals surface area contributed by atoms with Gasteiger partial charge in [0.2, 0.25) is 0 Å². The molecule has 0 amide bonds. The number of hydrogen-bond donors (Lipinski definition) is 2. The first-order valence-electron chi connectivity index (χ1n) is 8.57. The second kappa shape index (κ2) is 8.11. The van der Waals surface area contributed by atoms with E-state index in [2.05, 4.69) is 4.98 Å². The molecule has 24 heavy (non-hydrogen) atoms. The molecule has 2 aliphatic rings. The van der Waals surface area contributed by atoms with Gasteiger partial charge in [0.05, 0.1) is 12.3 Å². The zero-order chi connectivity index (χ0) is 16.8. The molecule has 1 aromatic heterocycles. The Labute approximate surface area is 140 Å². The third kappa shape index (κ3) is 4.57. The number of aromatic nitrogens is 1. The van der Waals surface area contributed by atoms with Crippen molar-refractivity contribution < 1.29 is 24.1 Å². The molecule has 1 unspecified atom stereocenters. The molecule has 0 saturated carbocycles. The molecular weight excluding hydrogens is 314 g/mol. The van der Waals surface area contributed by atoms with Crippen molar-refractivity contribution in [2.45, 2.75) is 44.0 Å². The van der Waals surface area contributed by atoms with Crippen LogP contribution >= 0.6 is 0 Å². The van der Waals surface area contributed by atoms with Crippen molar-refractivity contribution in [1.82, 2.24) is 4.98 Å². The van der Waals surface area contributed by atoms with Crippen molar-refractivity contribution >= 4 is 0 Å². The molecule has 1 aromatic rings. The summed E-state index contributed by atoms with van der Waals surface area (Å²) >= 11 is 0. The fourth-order valence-electron chi connectivity index (χ4n) is 3.00. The number of aromatic amines is 1. The Morgan fingerprint density at radius 3 is 2.79 bits per heavy atom. The highest BCUT2D eigenvalue weighted by atomic mass is 16.7. The lowest BCUT2D eigenvalue weighted by molar-refractivity contribution is -0.165. The smallest absolute Gasteiger partial charge is 0.195 e. The second-order valence-electron chi connectivity index (χ2n) is 6.25. The van der Waals surface area contributed by atoms with E-state index in [9.17, 15) is 9.90 Å². The van der Waals surface area contributed by atoms with E-state index < -0.39 is 5.60 Å². The van der Waals surface area contributed by atoms with Gasteiger partial charge in [-0.25, -0.2) is 0 Å². The van der Waals surface area contributed by atoms with Gasteiger partial charge in [-0.2, -0.15) is 0 Å². The van der Waals surface area contributed by atoms with Crippen LogP contribution in [0.15, 0.2) is 16.9 Å². The van der Waals surface area contributed by atoms with Crippen LogP contribution in [0, 0.1) is 0 Å². The van der Waals surface area contributed by atoms with Crippen LogP contribution in [0.1, 0.15) is 37.8 Å². The normalized spacial score (nSPS) is 23.8. The SMILES string of the molecule is O=c1cc(OCCOC2CCCCO2)[nH]c(C2(O)CCOCC2)c1. The predicted molar refractivity (Wildman–Crippen MR) is 86.1 cm³/mol. The van der Waals surface area contributed by atoms with Gasteiger partial charge >= 0.3 is 0 Å². The van der Waals surface area contributed by atoms with Gasteiger partial charge in [-0.05, 0) is 19.3 Å². The molecule has 0 aromatic carbocycles. The van der Waals surface area contributed by atoms with E-state index >= 15 is 0 Å². The number of pyridine rings is 1. The van der Waals surface area contributed by atoms with Crippen molar-refractivity contribution in [3.05, 3.63) is 28.0 Å². The number of ether oxygens (including phenoxy) is 4. The van der Waals surface area contributed by atoms with Gasteiger partial charge in [0.1, 0.15) is 12.2 Å².